The van der Waals surface area contributed by atoms with E-state index in [4.69, 9.17) is 4.74 Å². The van der Waals surface area contributed by atoms with Gasteiger partial charge >= 0.3 is 5.97 Å². The Bertz CT molecular complexity index is 1360. The fourth-order valence-electron chi connectivity index (χ4n) is 3.52. The first-order chi connectivity index (χ1) is 15.3. The number of anilines is 1. The maximum absolute atomic E-state index is 12.6. The molecule has 0 bridgehead atoms. The third kappa shape index (κ3) is 4.07. The van der Waals surface area contributed by atoms with Gasteiger partial charge in [-0.25, -0.2) is 9.78 Å². The summed E-state index contributed by atoms with van der Waals surface area (Å²) in [5.74, 6) is -0.532. The molecule has 0 spiro atoms. The van der Waals surface area contributed by atoms with E-state index in [2.05, 4.69) is 52.5 Å². The van der Waals surface area contributed by atoms with Crippen molar-refractivity contribution in [3.05, 3.63) is 45.5 Å². The molecule has 3 heterocycles. The molecule has 3 aromatic heterocycles. The van der Waals surface area contributed by atoms with E-state index < -0.39 is 5.97 Å². The van der Waals surface area contributed by atoms with Gasteiger partial charge in [0, 0.05) is 5.39 Å². The summed E-state index contributed by atoms with van der Waals surface area (Å²) in [6, 6.07) is 6.32. The maximum atomic E-state index is 12.6. The third-order valence-electron chi connectivity index (χ3n) is 5.04. The summed E-state index contributed by atoms with van der Waals surface area (Å²) in [4.78, 5) is 29.2. The van der Waals surface area contributed by atoms with Crippen molar-refractivity contribution in [3.8, 4) is 0 Å². The van der Waals surface area contributed by atoms with E-state index in [0.717, 1.165) is 39.0 Å². The normalized spacial score (nSPS) is 11.3. The number of aryl methyl sites for hydroxylation is 4. The number of ether oxygens (including phenoxy) is 1. The molecular weight excluding hydrogens is 446 g/mol. The number of rotatable bonds is 6. The molecule has 0 atom stereocenters. The Labute approximate surface area is 193 Å². The van der Waals surface area contributed by atoms with Gasteiger partial charge in [-0.15, -0.1) is 10.2 Å². The SMILES string of the molecule is CCOC(=O)c1sc(NC(=O)CSc2nnc3c(C)cc4c(C)ccc(C)c4n23)nc1C. The van der Waals surface area contributed by atoms with Crippen LogP contribution in [0.15, 0.2) is 23.4 Å². The van der Waals surface area contributed by atoms with Crippen molar-refractivity contribution in [2.24, 2.45) is 0 Å². The number of thioether (sulfide) groups is 1. The fourth-order valence-corrected chi connectivity index (χ4v) is 5.13. The van der Waals surface area contributed by atoms with E-state index in [1.807, 2.05) is 11.3 Å². The summed E-state index contributed by atoms with van der Waals surface area (Å²) in [7, 11) is 0. The summed E-state index contributed by atoms with van der Waals surface area (Å²) < 4.78 is 7.05. The van der Waals surface area contributed by atoms with Crippen LogP contribution in [0.4, 0.5) is 5.13 Å². The van der Waals surface area contributed by atoms with Gasteiger partial charge in [0.2, 0.25) is 5.91 Å². The fraction of sp³-hybridized carbons (Fsp3) is 0.318. The minimum atomic E-state index is -0.430. The maximum Gasteiger partial charge on any atom is 0.350 e. The van der Waals surface area contributed by atoms with Gasteiger partial charge in [-0.2, -0.15) is 0 Å². The highest BCUT2D eigenvalue weighted by atomic mass is 32.2. The first-order valence-corrected chi connectivity index (χ1v) is 11.9. The number of carbonyl (C=O) groups excluding carboxylic acids is 2. The van der Waals surface area contributed by atoms with Gasteiger partial charge in [-0.1, -0.05) is 35.2 Å². The van der Waals surface area contributed by atoms with E-state index >= 15 is 0 Å². The zero-order chi connectivity index (χ0) is 23.0. The first kappa shape index (κ1) is 22.2. The van der Waals surface area contributed by atoms with Crippen molar-refractivity contribution in [2.75, 3.05) is 17.7 Å². The van der Waals surface area contributed by atoms with Crippen molar-refractivity contribution >= 4 is 56.7 Å². The van der Waals surface area contributed by atoms with Crippen molar-refractivity contribution in [2.45, 2.75) is 39.8 Å². The monoisotopic (exact) mass is 469 g/mol. The lowest BCUT2D eigenvalue weighted by Gasteiger charge is -2.11. The van der Waals surface area contributed by atoms with Gasteiger partial charge in [0.05, 0.1) is 23.6 Å². The highest BCUT2D eigenvalue weighted by molar-refractivity contribution is 7.99. The van der Waals surface area contributed by atoms with E-state index in [-0.39, 0.29) is 18.3 Å². The van der Waals surface area contributed by atoms with Crippen LogP contribution in [0.1, 0.15) is 39.0 Å². The summed E-state index contributed by atoms with van der Waals surface area (Å²) in [5, 5.41) is 13.6. The molecule has 1 aromatic carbocycles. The Morgan fingerprint density at radius 1 is 1.12 bits per heavy atom. The van der Waals surface area contributed by atoms with Crippen LogP contribution >= 0.6 is 23.1 Å². The Hall–Kier alpha value is -2.98. The lowest BCUT2D eigenvalue weighted by Crippen LogP contribution is -2.14. The standard InChI is InChI=1S/C22H23N5O3S2/c1-6-30-20(29)18-14(5)23-21(32-18)24-16(28)10-31-22-26-25-19-13(4)9-15-11(2)7-8-12(3)17(15)27(19)22/h7-9H,6,10H2,1-5H3,(H,23,24,28). The van der Waals surface area contributed by atoms with Crippen molar-refractivity contribution in [1.82, 2.24) is 19.6 Å². The number of thiazole rings is 1. The number of aromatic nitrogens is 4. The number of hydrogen-bond acceptors (Lipinski definition) is 8. The van der Waals surface area contributed by atoms with Crippen LogP contribution in [0.3, 0.4) is 0 Å². The minimum Gasteiger partial charge on any atom is -0.462 e. The first-order valence-electron chi connectivity index (χ1n) is 10.1. The van der Waals surface area contributed by atoms with Gasteiger partial charge in [-0.05, 0) is 57.4 Å². The number of nitrogens with one attached hydrogen (secondary N) is 1. The number of esters is 1. The van der Waals surface area contributed by atoms with Crippen molar-refractivity contribution in [3.63, 3.8) is 0 Å². The van der Waals surface area contributed by atoms with Gasteiger partial charge in [-0.3, -0.25) is 9.20 Å². The van der Waals surface area contributed by atoms with Crippen LogP contribution in [-0.4, -0.2) is 43.8 Å². The molecule has 1 amide bonds. The molecule has 0 unspecified atom stereocenters. The molecule has 8 nitrogen and oxygen atoms in total. The Morgan fingerprint density at radius 3 is 2.62 bits per heavy atom. The minimum absolute atomic E-state index is 0.133. The zero-order valence-electron chi connectivity index (χ0n) is 18.5. The van der Waals surface area contributed by atoms with Crippen LogP contribution in [0.2, 0.25) is 0 Å². The highest BCUT2D eigenvalue weighted by Gasteiger charge is 2.19. The highest BCUT2D eigenvalue weighted by Crippen LogP contribution is 2.30. The molecule has 0 aliphatic heterocycles. The quantitative estimate of drug-likeness (QED) is 0.328. The van der Waals surface area contributed by atoms with E-state index in [1.165, 1.54) is 17.3 Å². The van der Waals surface area contributed by atoms with Crippen LogP contribution in [0.5, 0.6) is 0 Å². The molecule has 4 aromatic rings. The molecular formula is C22H23N5O3S2. The molecule has 1 N–H and O–H groups in total. The Morgan fingerprint density at radius 2 is 1.88 bits per heavy atom. The van der Waals surface area contributed by atoms with Crippen LogP contribution in [0, 0.1) is 27.7 Å². The van der Waals surface area contributed by atoms with E-state index in [1.54, 1.807) is 13.8 Å². The average Bonchev–Trinajstić information content (AvgIpc) is 3.33. The summed E-state index contributed by atoms with van der Waals surface area (Å²) in [5.41, 5.74) is 5.69. The van der Waals surface area contributed by atoms with Crippen LogP contribution < -0.4 is 5.32 Å². The second-order valence-corrected chi connectivity index (χ2v) is 9.36. The zero-order valence-corrected chi connectivity index (χ0v) is 20.1. The number of carbonyl (C=O) groups is 2. The largest absolute Gasteiger partial charge is 0.462 e. The summed E-state index contributed by atoms with van der Waals surface area (Å²) in [6.07, 6.45) is 0. The number of nitrogens with zero attached hydrogens (tertiary/aromatic N) is 4. The molecule has 10 heteroatoms. The van der Waals surface area contributed by atoms with Crippen LogP contribution in [0.25, 0.3) is 16.6 Å². The number of fused-ring (bicyclic) bond motifs is 3. The predicted octanol–water partition coefficient (Wildman–Crippen LogP) is 4.48. The molecule has 166 valence electrons. The second kappa shape index (κ2) is 8.87. The lowest BCUT2D eigenvalue weighted by molar-refractivity contribution is -0.113. The van der Waals surface area contributed by atoms with E-state index in [0.29, 0.717) is 20.9 Å². The van der Waals surface area contributed by atoms with Gasteiger partial charge in [0.1, 0.15) is 4.88 Å². The molecule has 0 aliphatic rings. The van der Waals surface area contributed by atoms with Gasteiger partial charge in [0.15, 0.2) is 15.9 Å². The number of amides is 1. The van der Waals surface area contributed by atoms with Crippen LogP contribution in [-0.2, 0) is 9.53 Å². The van der Waals surface area contributed by atoms with Crippen molar-refractivity contribution < 1.29 is 14.3 Å². The Kier molecular flexibility index (Phi) is 6.16. The summed E-state index contributed by atoms with van der Waals surface area (Å²) >= 11 is 2.42. The summed E-state index contributed by atoms with van der Waals surface area (Å²) in [6.45, 7) is 9.90. The number of pyridine rings is 1. The smallest absolute Gasteiger partial charge is 0.350 e. The molecule has 32 heavy (non-hydrogen) atoms. The second-order valence-electron chi connectivity index (χ2n) is 7.42. The Balaban J connectivity index is 1.56. The average molecular weight is 470 g/mol. The third-order valence-corrected chi connectivity index (χ3v) is 7.03. The molecule has 4 rings (SSSR count). The topological polar surface area (TPSA) is 98.5 Å². The predicted molar refractivity (Wildman–Crippen MR) is 127 cm³/mol. The van der Waals surface area contributed by atoms with Crippen molar-refractivity contribution in [1.29, 1.82) is 0 Å². The lowest BCUT2D eigenvalue weighted by atomic mass is 10.0. The molecule has 0 saturated heterocycles. The molecule has 0 aliphatic carbocycles. The number of hydrogen-bond donors (Lipinski definition) is 1. The molecule has 0 saturated carbocycles. The van der Waals surface area contributed by atoms with Gasteiger partial charge < -0.3 is 10.1 Å². The number of benzene rings is 1. The molecule has 0 fully saturated rings. The molecule has 0 radical (unpaired) electrons. The van der Waals surface area contributed by atoms with Gasteiger partial charge in [0.25, 0.3) is 0 Å². The van der Waals surface area contributed by atoms with E-state index in [9.17, 15) is 9.59 Å².